The predicted molar refractivity (Wildman–Crippen MR) is 110 cm³/mol. The van der Waals surface area contributed by atoms with Gasteiger partial charge in [0, 0.05) is 11.3 Å². The molecule has 4 rings (SSSR count). The van der Waals surface area contributed by atoms with E-state index in [0.29, 0.717) is 22.3 Å². The first kappa shape index (κ1) is 19.4. The molecular weight excluding hydrogens is 395 g/mol. The molecular formula is C21H21FN2O4S. The van der Waals surface area contributed by atoms with E-state index in [4.69, 9.17) is 26.4 Å². The van der Waals surface area contributed by atoms with Gasteiger partial charge in [-0.1, -0.05) is 18.2 Å². The maximum absolute atomic E-state index is 14.0. The lowest BCUT2D eigenvalue weighted by Gasteiger charge is -2.55. The second-order valence-electron chi connectivity index (χ2n) is 7.01. The number of halogens is 1. The molecule has 0 aliphatic carbocycles. The monoisotopic (exact) mass is 416 g/mol. The van der Waals surface area contributed by atoms with E-state index in [2.05, 4.69) is 5.32 Å². The molecule has 0 amide bonds. The van der Waals surface area contributed by atoms with Crippen molar-refractivity contribution in [2.45, 2.75) is 25.6 Å². The summed E-state index contributed by atoms with van der Waals surface area (Å²) in [5, 5.41) is 3.57. The summed E-state index contributed by atoms with van der Waals surface area (Å²) < 4.78 is 31.2. The Labute approximate surface area is 173 Å². The molecule has 2 aliphatic heterocycles. The first-order valence-electron chi connectivity index (χ1n) is 9.29. The normalized spacial score (nSPS) is 24.8. The molecule has 29 heavy (non-hydrogen) atoms. The summed E-state index contributed by atoms with van der Waals surface area (Å²) in [5.41, 5.74) is -0.0356. The van der Waals surface area contributed by atoms with Crippen LogP contribution in [0.4, 0.5) is 10.1 Å². The van der Waals surface area contributed by atoms with Gasteiger partial charge in [-0.25, -0.2) is 4.39 Å². The van der Waals surface area contributed by atoms with Crippen LogP contribution in [0.3, 0.4) is 0 Å². The molecule has 3 atom stereocenters. The van der Waals surface area contributed by atoms with Crippen LogP contribution in [0.2, 0.25) is 0 Å². The molecule has 1 N–H and O–H groups in total. The van der Waals surface area contributed by atoms with Gasteiger partial charge in [0.2, 0.25) is 5.72 Å². The van der Waals surface area contributed by atoms with Gasteiger partial charge < -0.3 is 19.5 Å². The van der Waals surface area contributed by atoms with Crippen molar-refractivity contribution < 1.29 is 23.4 Å². The number of nitrogens with one attached hydrogen (secondary N) is 1. The molecule has 2 aromatic carbocycles. The predicted octanol–water partition coefficient (Wildman–Crippen LogP) is 3.56. The number of rotatable bonds is 4. The van der Waals surface area contributed by atoms with Crippen LogP contribution in [0.1, 0.15) is 25.5 Å². The Hall–Kier alpha value is -2.87. The van der Waals surface area contributed by atoms with Crippen molar-refractivity contribution in [3.63, 3.8) is 0 Å². The SMILES string of the molecule is CCOC(=O)[C@@H]1[C@H]2NC(=S)N(c3cccc(F)c3)[C@@]1(C)Oc1c(OC)cccc12. The molecule has 0 unspecified atom stereocenters. The summed E-state index contributed by atoms with van der Waals surface area (Å²) in [7, 11) is 1.55. The molecule has 1 saturated heterocycles. The highest BCUT2D eigenvalue weighted by Crippen LogP contribution is 2.52. The Morgan fingerprint density at radius 3 is 2.79 bits per heavy atom. The van der Waals surface area contributed by atoms with E-state index in [1.54, 1.807) is 44.1 Å². The first-order valence-corrected chi connectivity index (χ1v) is 9.70. The van der Waals surface area contributed by atoms with Crippen molar-refractivity contribution in [1.82, 2.24) is 5.32 Å². The Balaban J connectivity index is 1.92. The van der Waals surface area contributed by atoms with Crippen molar-refractivity contribution in [3.05, 3.63) is 53.8 Å². The number of fused-ring (bicyclic) bond motifs is 4. The summed E-state index contributed by atoms with van der Waals surface area (Å²) >= 11 is 5.60. The number of nitrogens with zero attached hydrogens (tertiary/aromatic N) is 1. The molecule has 6 nitrogen and oxygen atoms in total. The number of carbonyl (C=O) groups excluding carboxylic acids is 1. The third-order valence-corrected chi connectivity index (χ3v) is 5.62. The lowest BCUT2D eigenvalue weighted by molar-refractivity contribution is -0.159. The van der Waals surface area contributed by atoms with Gasteiger partial charge in [0.05, 0.1) is 19.8 Å². The van der Waals surface area contributed by atoms with Gasteiger partial charge in [-0.3, -0.25) is 9.69 Å². The van der Waals surface area contributed by atoms with Crippen LogP contribution >= 0.6 is 12.2 Å². The van der Waals surface area contributed by atoms with Gasteiger partial charge in [0.25, 0.3) is 0 Å². The maximum Gasteiger partial charge on any atom is 0.317 e. The number of hydrogen-bond donors (Lipinski definition) is 1. The van der Waals surface area contributed by atoms with Gasteiger partial charge in [-0.15, -0.1) is 0 Å². The number of thiocarbonyl (C=S) groups is 1. The summed E-state index contributed by atoms with van der Waals surface area (Å²) in [6.07, 6.45) is 0. The van der Waals surface area contributed by atoms with E-state index < -0.39 is 29.5 Å². The third-order valence-electron chi connectivity index (χ3n) is 5.32. The first-order chi connectivity index (χ1) is 13.9. The molecule has 0 aromatic heterocycles. The summed E-state index contributed by atoms with van der Waals surface area (Å²) in [4.78, 5) is 14.6. The number of hydrogen-bond acceptors (Lipinski definition) is 5. The van der Waals surface area contributed by atoms with Crippen molar-refractivity contribution in [2.24, 2.45) is 5.92 Å². The van der Waals surface area contributed by atoms with E-state index in [9.17, 15) is 9.18 Å². The Bertz CT molecular complexity index is 985. The van der Waals surface area contributed by atoms with E-state index >= 15 is 0 Å². The summed E-state index contributed by atoms with van der Waals surface area (Å²) in [6.45, 7) is 3.74. The number of para-hydroxylation sites is 1. The third kappa shape index (κ3) is 2.98. The Kier molecular flexibility index (Phi) is 4.82. The lowest BCUT2D eigenvalue weighted by Crippen LogP contribution is -2.71. The van der Waals surface area contributed by atoms with Crippen LogP contribution in [0.25, 0.3) is 0 Å². The lowest BCUT2D eigenvalue weighted by atomic mass is 9.79. The second kappa shape index (κ2) is 7.18. The van der Waals surface area contributed by atoms with Crippen LogP contribution in [-0.2, 0) is 9.53 Å². The fourth-order valence-corrected chi connectivity index (χ4v) is 4.54. The maximum atomic E-state index is 14.0. The largest absolute Gasteiger partial charge is 0.493 e. The van der Waals surface area contributed by atoms with Gasteiger partial charge >= 0.3 is 5.97 Å². The number of esters is 1. The molecule has 2 bridgehead atoms. The fourth-order valence-electron chi connectivity index (χ4n) is 4.13. The second-order valence-corrected chi connectivity index (χ2v) is 7.39. The van der Waals surface area contributed by atoms with E-state index in [1.807, 2.05) is 12.1 Å². The van der Waals surface area contributed by atoms with Crippen LogP contribution in [0, 0.1) is 11.7 Å². The molecule has 2 aliphatic rings. The highest BCUT2D eigenvalue weighted by atomic mass is 32.1. The summed E-state index contributed by atoms with van der Waals surface area (Å²) in [6, 6.07) is 11.0. The number of ether oxygens (including phenoxy) is 3. The zero-order chi connectivity index (χ0) is 20.8. The number of methoxy groups -OCH3 is 1. The standard InChI is InChI=1S/C21H21FN2O4S/c1-4-27-19(25)16-17-14-9-6-10-15(26-3)18(14)28-21(16,2)24(20(29)23-17)13-8-5-7-12(22)11-13/h5-11,16-17H,4H2,1-3H3,(H,23,29)/t16-,17-,21-/m0/s1. The molecule has 0 spiro atoms. The molecule has 2 aromatic rings. The van der Waals surface area contributed by atoms with Crippen LogP contribution < -0.4 is 19.7 Å². The average molecular weight is 416 g/mol. The average Bonchev–Trinajstić information content (AvgIpc) is 2.67. The topological polar surface area (TPSA) is 60.0 Å². The number of carbonyl (C=O) groups is 1. The van der Waals surface area contributed by atoms with Gasteiger partial charge in [-0.05, 0) is 50.3 Å². The zero-order valence-electron chi connectivity index (χ0n) is 16.3. The van der Waals surface area contributed by atoms with Crippen LogP contribution in [0.5, 0.6) is 11.5 Å². The highest BCUT2D eigenvalue weighted by molar-refractivity contribution is 7.80. The minimum Gasteiger partial charge on any atom is -0.493 e. The van der Waals surface area contributed by atoms with Crippen molar-refractivity contribution in [3.8, 4) is 11.5 Å². The van der Waals surface area contributed by atoms with Crippen LogP contribution in [-0.4, -0.2) is 30.5 Å². The Morgan fingerprint density at radius 2 is 2.10 bits per heavy atom. The van der Waals surface area contributed by atoms with E-state index in [-0.39, 0.29) is 6.61 Å². The minimum absolute atomic E-state index is 0.230. The fraction of sp³-hybridized carbons (Fsp3) is 0.333. The van der Waals surface area contributed by atoms with E-state index in [1.165, 1.54) is 12.1 Å². The smallest absolute Gasteiger partial charge is 0.317 e. The number of anilines is 1. The van der Waals surface area contributed by atoms with Gasteiger partial charge in [0.15, 0.2) is 16.6 Å². The molecule has 0 radical (unpaired) electrons. The van der Waals surface area contributed by atoms with Gasteiger partial charge in [-0.2, -0.15) is 0 Å². The minimum atomic E-state index is -1.26. The molecule has 0 saturated carbocycles. The zero-order valence-corrected chi connectivity index (χ0v) is 17.1. The van der Waals surface area contributed by atoms with Gasteiger partial charge in [0.1, 0.15) is 11.7 Å². The van der Waals surface area contributed by atoms with E-state index in [0.717, 1.165) is 5.56 Å². The number of benzene rings is 2. The van der Waals surface area contributed by atoms with Crippen LogP contribution in [0.15, 0.2) is 42.5 Å². The molecule has 8 heteroatoms. The molecule has 152 valence electrons. The summed E-state index contributed by atoms with van der Waals surface area (Å²) in [5.74, 6) is -0.548. The molecule has 1 fully saturated rings. The Morgan fingerprint density at radius 1 is 1.34 bits per heavy atom. The highest BCUT2D eigenvalue weighted by Gasteiger charge is 2.60. The molecule has 2 heterocycles. The van der Waals surface area contributed by atoms with Crippen molar-refractivity contribution in [2.75, 3.05) is 18.6 Å². The van der Waals surface area contributed by atoms with Crippen molar-refractivity contribution >= 4 is 29.0 Å². The quantitative estimate of drug-likeness (QED) is 0.604. The van der Waals surface area contributed by atoms with Crippen molar-refractivity contribution in [1.29, 1.82) is 0 Å².